The summed E-state index contributed by atoms with van der Waals surface area (Å²) in [5.74, 6) is 3.01. The number of carbonyl (C=O) groups is 1. The molecule has 1 aromatic rings. The van der Waals surface area contributed by atoms with Gasteiger partial charge in [0.15, 0.2) is 5.78 Å². The highest BCUT2D eigenvalue weighted by Crippen LogP contribution is 2.60. The molecule has 4 fully saturated rings. The fraction of sp³-hybridized carbons (Fsp3) is 0.650. The van der Waals surface area contributed by atoms with Crippen LogP contribution in [0.2, 0.25) is 0 Å². The molecule has 4 saturated carbocycles. The summed E-state index contributed by atoms with van der Waals surface area (Å²) in [5, 5.41) is 0. The van der Waals surface area contributed by atoms with Crippen molar-refractivity contribution in [1.29, 1.82) is 0 Å². The molecule has 0 saturated heterocycles. The quantitative estimate of drug-likeness (QED) is 0.707. The van der Waals surface area contributed by atoms with E-state index >= 15 is 0 Å². The predicted octanol–water partition coefficient (Wildman–Crippen LogP) is 5.04. The lowest BCUT2D eigenvalue weighted by Crippen LogP contribution is -2.50. The van der Waals surface area contributed by atoms with Crippen LogP contribution in [0.5, 0.6) is 0 Å². The Morgan fingerprint density at radius 2 is 1.71 bits per heavy atom. The van der Waals surface area contributed by atoms with E-state index in [0.717, 1.165) is 36.2 Å². The van der Waals surface area contributed by atoms with E-state index in [2.05, 4.69) is 31.2 Å². The molecule has 0 atom stereocenters. The van der Waals surface area contributed by atoms with E-state index in [1.165, 1.54) is 44.1 Å². The van der Waals surface area contributed by atoms with Gasteiger partial charge in [0.2, 0.25) is 0 Å². The van der Waals surface area contributed by atoms with Crippen molar-refractivity contribution >= 4 is 5.78 Å². The monoisotopic (exact) mass is 282 g/mol. The summed E-state index contributed by atoms with van der Waals surface area (Å²) in [6, 6.07) is 8.48. The van der Waals surface area contributed by atoms with Crippen LogP contribution in [0, 0.1) is 23.2 Å². The van der Waals surface area contributed by atoms with Gasteiger partial charge < -0.3 is 0 Å². The molecule has 4 bridgehead atoms. The van der Waals surface area contributed by atoms with Gasteiger partial charge in [-0.15, -0.1) is 0 Å². The summed E-state index contributed by atoms with van der Waals surface area (Å²) in [6.07, 6.45) is 9.98. The number of Topliss-reactive ketones (excluding diaryl/α,β-unsaturated/α-hetero) is 1. The molecule has 5 rings (SSSR count). The minimum absolute atomic E-state index is 0.0135. The maximum absolute atomic E-state index is 13.3. The Kier molecular flexibility index (Phi) is 3.20. The van der Waals surface area contributed by atoms with E-state index < -0.39 is 0 Å². The zero-order valence-corrected chi connectivity index (χ0v) is 13.1. The Hall–Kier alpha value is -1.11. The first kappa shape index (κ1) is 13.5. The van der Waals surface area contributed by atoms with E-state index in [1.54, 1.807) is 0 Å². The van der Waals surface area contributed by atoms with Crippen molar-refractivity contribution in [3.05, 3.63) is 35.4 Å². The summed E-state index contributed by atoms with van der Waals surface area (Å²) in [6.45, 7) is 2.20. The second kappa shape index (κ2) is 4.97. The van der Waals surface area contributed by atoms with Gasteiger partial charge in [-0.2, -0.15) is 0 Å². The smallest absolute Gasteiger partial charge is 0.169 e. The van der Waals surface area contributed by atoms with E-state index in [9.17, 15) is 4.79 Å². The first-order valence-electron chi connectivity index (χ1n) is 8.82. The van der Waals surface area contributed by atoms with Gasteiger partial charge in [-0.05, 0) is 74.3 Å². The van der Waals surface area contributed by atoms with Crippen molar-refractivity contribution in [2.75, 3.05) is 0 Å². The Balaban J connectivity index is 1.64. The molecule has 0 spiro atoms. The zero-order chi connectivity index (χ0) is 14.4. The third kappa shape index (κ3) is 2.25. The van der Waals surface area contributed by atoms with Crippen molar-refractivity contribution in [3.8, 4) is 0 Å². The van der Waals surface area contributed by atoms with E-state index in [4.69, 9.17) is 0 Å². The summed E-state index contributed by atoms with van der Waals surface area (Å²) in [7, 11) is 0. The SMILES string of the molecule is CCCc1cccc(C(=O)C23CC4CC(CC(C4)C2)C3)c1. The molecule has 1 aromatic carbocycles. The van der Waals surface area contributed by atoms with Crippen LogP contribution in [-0.2, 0) is 6.42 Å². The van der Waals surface area contributed by atoms with E-state index in [-0.39, 0.29) is 5.41 Å². The van der Waals surface area contributed by atoms with Crippen LogP contribution in [0.25, 0.3) is 0 Å². The van der Waals surface area contributed by atoms with Crippen LogP contribution in [0.1, 0.15) is 67.8 Å². The first-order chi connectivity index (χ1) is 10.2. The maximum Gasteiger partial charge on any atom is 0.169 e. The van der Waals surface area contributed by atoms with Crippen LogP contribution in [0.4, 0.5) is 0 Å². The lowest BCUT2D eigenvalue weighted by Gasteiger charge is -2.56. The van der Waals surface area contributed by atoms with Crippen molar-refractivity contribution in [2.24, 2.45) is 23.2 Å². The summed E-state index contributed by atoms with van der Waals surface area (Å²) in [4.78, 5) is 13.3. The predicted molar refractivity (Wildman–Crippen MR) is 85.4 cm³/mol. The van der Waals surface area contributed by atoms with Crippen molar-refractivity contribution in [2.45, 2.75) is 58.3 Å². The maximum atomic E-state index is 13.3. The number of ketones is 1. The minimum atomic E-state index is 0.0135. The van der Waals surface area contributed by atoms with Crippen molar-refractivity contribution in [1.82, 2.24) is 0 Å². The number of hydrogen-bond donors (Lipinski definition) is 0. The molecule has 112 valence electrons. The molecule has 0 heterocycles. The highest BCUT2D eigenvalue weighted by molar-refractivity contribution is 6.01. The molecule has 0 radical (unpaired) electrons. The molecule has 1 heteroatoms. The van der Waals surface area contributed by atoms with Crippen molar-refractivity contribution in [3.63, 3.8) is 0 Å². The van der Waals surface area contributed by atoms with Gasteiger partial charge >= 0.3 is 0 Å². The van der Waals surface area contributed by atoms with Gasteiger partial charge in [0, 0.05) is 11.0 Å². The second-order valence-electron chi connectivity index (χ2n) is 7.98. The molecular formula is C20H26O. The minimum Gasteiger partial charge on any atom is -0.294 e. The number of carbonyl (C=O) groups excluding carboxylic acids is 1. The summed E-state index contributed by atoms with van der Waals surface area (Å²) < 4.78 is 0. The van der Waals surface area contributed by atoms with Gasteiger partial charge in [0.05, 0.1) is 0 Å². The molecule has 1 nitrogen and oxygen atoms in total. The fourth-order valence-corrected chi connectivity index (χ4v) is 5.85. The molecule has 0 unspecified atom stereocenters. The lowest BCUT2D eigenvalue weighted by atomic mass is 9.48. The molecule has 0 aliphatic heterocycles. The number of benzene rings is 1. The molecule has 4 aliphatic rings. The Labute approximate surface area is 128 Å². The molecule has 4 aliphatic carbocycles. The number of aryl methyl sites for hydroxylation is 1. The molecular weight excluding hydrogens is 256 g/mol. The van der Waals surface area contributed by atoms with Crippen molar-refractivity contribution < 1.29 is 4.79 Å². The van der Waals surface area contributed by atoms with Crippen LogP contribution in [0.3, 0.4) is 0 Å². The molecule has 21 heavy (non-hydrogen) atoms. The molecule has 0 amide bonds. The van der Waals surface area contributed by atoms with Gasteiger partial charge in [-0.1, -0.05) is 31.5 Å². The van der Waals surface area contributed by atoms with E-state index in [0.29, 0.717) is 5.78 Å². The topological polar surface area (TPSA) is 17.1 Å². The highest BCUT2D eigenvalue weighted by Gasteiger charge is 2.54. The fourth-order valence-electron chi connectivity index (χ4n) is 5.85. The van der Waals surface area contributed by atoms with Crippen LogP contribution >= 0.6 is 0 Å². The Morgan fingerprint density at radius 1 is 1.10 bits per heavy atom. The average molecular weight is 282 g/mol. The van der Waals surface area contributed by atoms with Gasteiger partial charge in [0.1, 0.15) is 0 Å². The first-order valence-corrected chi connectivity index (χ1v) is 8.82. The van der Waals surface area contributed by atoms with Crippen LogP contribution in [-0.4, -0.2) is 5.78 Å². The third-order valence-corrected chi connectivity index (χ3v) is 6.25. The zero-order valence-electron chi connectivity index (χ0n) is 13.1. The van der Waals surface area contributed by atoms with Gasteiger partial charge in [-0.25, -0.2) is 0 Å². The largest absolute Gasteiger partial charge is 0.294 e. The third-order valence-electron chi connectivity index (χ3n) is 6.25. The molecule has 0 N–H and O–H groups in total. The van der Waals surface area contributed by atoms with Crippen LogP contribution < -0.4 is 0 Å². The average Bonchev–Trinajstić information content (AvgIpc) is 2.46. The number of hydrogen-bond acceptors (Lipinski definition) is 1. The Morgan fingerprint density at radius 3 is 2.29 bits per heavy atom. The van der Waals surface area contributed by atoms with Crippen LogP contribution in [0.15, 0.2) is 24.3 Å². The number of rotatable bonds is 4. The highest BCUT2D eigenvalue weighted by atomic mass is 16.1. The van der Waals surface area contributed by atoms with Gasteiger partial charge in [-0.3, -0.25) is 4.79 Å². The summed E-state index contributed by atoms with van der Waals surface area (Å²) in [5.41, 5.74) is 2.33. The second-order valence-corrected chi connectivity index (χ2v) is 7.98. The standard InChI is InChI=1S/C20H26O/c1-2-4-14-5-3-6-18(10-14)19(21)20-11-15-7-16(12-20)9-17(8-15)13-20/h3,5-6,10,15-17H,2,4,7-9,11-13H2,1H3. The van der Waals surface area contributed by atoms with E-state index in [1.807, 2.05) is 0 Å². The van der Waals surface area contributed by atoms with Gasteiger partial charge in [0.25, 0.3) is 0 Å². The Bertz CT molecular complexity index is 521. The summed E-state index contributed by atoms with van der Waals surface area (Å²) >= 11 is 0. The normalized spacial score (nSPS) is 36.9. The molecule has 0 aromatic heterocycles. The lowest BCUT2D eigenvalue weighted by molar-refractivity contribution is -0.0353.